The number of rotatable bonds is 4. The van der Waals surface area contributed by atoms with Crippen LogP contribution in [0.5, 0.6) is 0 Å². The molecular weight excluding hydrogens is 288 g/mol. The third-order valence-electron chi connectivity index (χ3n) is 4.39. The third-order valence-corrected chi connectivity index (χ3v) is 5.33. The fourth-order valence-electron chi connectivity index (χ4n) is 3.16. The quantitative estimate of drug-likeness (QED) is 0.861. The fourth-order valence-corrected chi connectivity index (χ4v) is 4.04. The van der Waals surface area contributed by atoms with Gasteiger partial charge in [0, 0.05) is 18.1 Å². The lowest BCUT2D eigenvalue weighted by Gasteiger charge is -2.39. The molecule has 2 heterocycles. The Balaban J connectivity index is 1.64. The smallest absolute Gasteiger partial charge is 0.337 e. The van der Waals surface area contributed by atoms with Crippen molar-refractivity contribution in [3.8, 4) is 0 Å². The first-order valence-electron chi connectivity index (χ1n) is 7.68. The highest BCUT2D eigenvalue weighted by molar-refractivity contribution is 7.99. The minimum atomic E-state index is -0.160. The monoisotopic (exact) mass is 310 g/mol. The van der Waals surface area contributed by atoms with E-state index in [9.17, 15) is 9.59 Å². The highest BCUT2D eigenvalue weighted by Crippen LogP contribution is 2.36. The molecule has 0 bridgehead atoms. The van der Waals surface area contributed by atoms with Gasteiger partial charge < -0.3 is 4.90 Å². The molecule has 2 aliphatic rings. The second kappa shape index (κ2) is 5.87. The fraction of sp³-hybridized carbons (Fsp3) is 0.786. The summed E-state index contributed by atoms with van der Waals surface area (Å²) in [5, 5.41) is 7.19. The highest BCUT2D eigenvalue weighted by Gasteiger charge is 2.31. The lowest BCUT2D eigenvalue weighted by Crippen LogP contribution is -2.48. The third kappa shape index (κ3) is 3.02. The molecule has 1 saturated carbocycles. The van der Waals surface area contributed by atoms with Crippen molar-refractivity contribution in [2.75, 3.05) is 5.75 Å². The van der Waals surface area contributed by atoms with Gasteiger partial charge in [-0.1, -0.05) is 11.8 Å². The number of hydrogen-bond acceptors (Lipinski definition) is 4. The van der Waals surface area contributed by atoms with Crippen molar-refractivity contribution < 1.29 is 4.79 Å². The molecule has 1 aromatic rings. The Morgan fingerprint density at radius 2 is 1.95 bits per heavy atom. The SMILES string of the molecule is C[C@H]1CCC[C@H](C)N1C(=O)CSc1n[nH]c(=O)n1C1CC1. The summed E-state index contributed by atoms with van der Waals surface area (Å²) in [5.41, 5.74) is -0.160. The number of nitrogens with zero attached hydrogens (tertiary/aromatic N) is 3. The second-order valence-corrected chi connectivity index (χ2v) is 7.07. The molecule has 116 valence electrons. The van der Waals surface area contributed by atoms with Crippen molar-refractivity contribution >= 4 is 17.7 Å². The minimum absolute atomic E-state index is 0.150. The maximum Gasteiger partial charge on any atom is 0.344 e. The summed E-state index contributed by atoms with van der Waals surface area (Å²) in [4.78, 5) is 26.2. The number of aromatic nitrogens is 3. The maximum atomic E-state index is 12.5. The summed E-state index contributed by atoms with van der Waals surface area (Å²) in [6.07, 6.45) is 5.41. The van der Waals surface area contributed by atoms with Crippen LogP contribution < -0.4 is 5.69 Å². The number of aromatic amines is 1. The molecule has 2 atom stereocenters. The lowest BCUT2D eigenvalue weighted by molar-refractivity contribution is -0.134. The number of nitrogens with one attached hydrogen (secondary N) is 1. The Kier molecular flexibility index (Phi) is 4.10. The first kappa shape index (κ1) is 14.7. The van der Waals surface area contributed by atoms with E-state index >= 15 is 0 Å². The van der Waals surface area contributed by atoms with Crippen LogP contribution in [0.25, 0.3) is 0 Å². The summed E-state index contributed by atoms with van der Waals surface area (Å²) < 4.78 is 1.70. The molecule has 1 N–H and O–H groups in total. The Bertz CT molecular complexity index is 568. The van der Waals surface area contributed by atoms with E-state index in [4.69, 9.17) is 0 Å². The topological polar surface area (TPSA) is 71.0 Å². The van der Waals surface area contributed by atoms with E-state index in [2.05, 4.69) is 24.0 Å². The molecule has 21 heavy (non-hydrogen) atoms. The number of thioether (sulfide) groups is 1. The van der Waals surface area contributed by atoms with Crippen molar-refractivity contribution in [2.45, 2.75) is 69.2 Å². The van der Waals surface area contributed by atoms with Gasteiger partial charge >= 0.3 is 5.69 Å². The van der Waals surface area contributed by atoms with Crippen molar-refractivity contribution in [3.05, 3.63) is 10.5 Å². The molecule has 2 fully saturated rings. The molecule has 0 unspecified atom stereocenters. The van der Waals surface area contributed by atoms with Crippen molar-refractivity contribution in [1.29, 1.82) is 0 Å². The summed E-state index contributed by atoms with van der Waals surface area (Å²) >= 11 is 1.37. The molecule has 1 aromatic heterocycles. The Labute approximate surface area is 128 Å². The number of piperidine rings is 1. The maximum absolute atomic E-state index is 12.5. The van der Waals surface area contributed by atoms with Crippen LogP contribution in [0.3, 0.4) is 0 Å². The number of carbonyl (C=O) groups excluding carboxylic acids is 1. The Morgan fingerprint density at radius 1 is 1.29 bits per heavy atom. The van der Waals surface area contributed by atoms with Gasteiger partial charge in [-0.3, -0.25) is 9.36 Å². The largest absolute Gasteiger partial charge is 0.344 e. The van der Waals surface area contributed by atoms with E-state index in [1.165, 1.54) is 18.2 Å². The van der Waals surface area contributed by atoms with Crippen LogP contribution in [0.2, 0.25) is 0 Å². The zero-order valence-electron chi connectivity index (χ0n) is 12.5. The van der Waals surface area contributed by atoms with Gasteiger partial charge in [0.05, 0.1) is 5.75 Å². The summed E-state index contributed by atoms with van der Waals surface area (Å²) in [5.74, 6) is 0.503. The van der Waals surface area contributed by atoms with Crippen LogP contribution in [0.15, 0.2) is 9.95 Å². The molecule has 7 heteroatoms. The molecule has 1 aliphatic carbocycles. The van der Waals surface area contributed by atoms with Gasteiger partial charge in [-0.2, -0.15) is 0 Å². The van der Waals surface area contributed by atoms with E-state index in [0.29, 0.717) is 23.0 Å². The summed E-state index contributed by atoms with van der Waals surface area (Å²) in [6, 6.07) is 0.903. The van der Waals surface area contributed by atoms with Gasteiger partial charge in [-0.05, 0) is 46.0 Å². The molecule has 1 aliphatic heterocycles. The summed E-state index contributed by atoms with van der Waals surface area (Å²) in [6.45, 7) is 4.24. The van der Waals surface area contributed by atoms with Crippen molar-refractivity contribution in [2.24, 2.45) is 0 Å². The van der Waals surface area contributed by atoms with Crippen LogP contribution in [0.1, 0.15) is 52.0 Å². The zero-order chi connectivity index (χ0) is 15.0. The van der Waals surface area contributed by atoms with Gasteiger partial charge in [0.2, 0.25) is 5.91 Å². The van der Waals surface area contributed by atoms with Crippen LogP contribution in [0.4, 0.5) is 0 Å². The normalized spacial score (nSPS) is 26.1. The lowest BCUT2D eigenvalue weighted by atomic mass is 9.98. The van der Waals surface area contributed by atoms with Crippen LogP contribution >= 0.6 is 11.8 Å². The van der Waals surface area contributed by atoms with Crippen LogP contribution in [0, 0.1) is 0 Å². The molecule has 1 saturated heterocycles. The van der Waals surface area contributed by atoms with Crippen LogP contribution in [-0.2, 0) is 4.79 Å². The average Bonchev–Trinajstić information content (AvgIpc) is 3.20. The van der Waals surface area contributed by atoms with Gasteiger partial charge in [0.1, 0.15) is 0 Å². The zero-order valence-corrected chi connectivity index (χ0v) is 13.4. The Hall–Kier alpha value is -1.24. The molecule has 0 aromatic carbocycles. The Morgan fingerprint density at radius 3 is 2.57 bits per heavy atom. The molecular formula is C14H22N4O2S. The van der Waals surface area contributed by atoms with Gasteiger partial charge in [-0.15, -0.1) is 5.10 Å². The molecule has 1 amide bonds. The standard InChI is InChI=1S/C14H22N4O2S/c1-9-4-3-5-10(2)17(9)12(19)8-21-14-16-15-13(20)18(14)11-6-7-11/h9-11H,3-8H2,1-2H3,(H,15,20)/t9-,10-/m0/s1. The van der Waals surface area contributed by atoms with E-state index in [1.807, 2.05) is 4.90 Å². The number of likely N-dealkylation sites (tertiary alicyclic amines) is 1. The predicted molar refractivity (Wildman–Crippen MR) is 81.5 cm³/mol. The first-order valence-corrected chi connectivity index (χ1v) is 8.67. The van der Waals surface area contributed by atoms with E-state index < -0.39 is 0 Å². The second-order valence-electron chi connectivity index (χ2n) is 6.13. The molecule has 3 rings (SSSR count). The number of H-pyrrole nitrogens is 1. The minimum Gasteiger partial charge on any atom is -0.337 e. The number of carbonyl (C=O) groups is 1. The molecule has 0 radical (unpaired) electrons. The van der Waals surface area contributed by atoms with Gasteiger partial charge in [-0.25, -0.2) is 9.89 Å². The van der Waals surface area contributed by atoms with E-state index in [-0.39, 0.29) is 17.6 Å². The van der Waals surface area contributed by atoms with Crippen molar-refractivity contribution in [1.82, 2.24) is 19.7 Å². The van der Waals surface area contributed by atoms with E-state index in [0.717, 1.165) is 25.7 Å². The van der Waals surface area contributed by atoms with Crippen LogP contribution in [-0.4, -0.2) is 43.4 Å². The van der Waals surface area contributed by atoms with Gasteiger partial charge in [0.15, 0.2) is 5.16 Å². The van der Waals surface area contributed by atoms with E-state index in [1.54, 1.807) is 4.57 Å². The number of amides is 1. The highest BCUT2D eigenvalue weighted by atomic mass is 32.2. The van der Waals surface area contributed by atoms with Gasteiger partial charge in [0.25, 0.3) is 0 Å². The molecule has 0 spiro atoms. The predicted octanol–water partition coefficient (Wildman–Crippen LogP) is 1.79. The summed E-state index contributed by atoms with van der Waals surface area (Å²) in [7, 11) is 0. The number of hydrogen-bond donors (Lipinski definition) is 1. The van der Waals surface area contributed by atoms with Crippen molar-refractivity contribution in [3.63, 3.8) is 0 Å². The molecule has 6 nitrogen and oxygen atoms in total. The average molecular weight is 310 g/mol. The first-order chi connectivity index (χ1) is 10.1.